The molecule has 0 saturated heterocycles. The molecule has 0 aliphatic heterocycles. The number of carboxylic acid groups (broad SMARTS) is 1. The van der Waals surface area contributed by atoms with Gasteiger partial charge in [-0.3, -0.25) is 0 Å². The molecule has 2 aromatic rings. The molecule has 2 aromatic carbocycles. The van der Waals surface area contributed by atoms with Gasteiger partial charge in [-0.2, -0.15) is 0 Å². The van der Waals surface area contributed by atoms with Crippen molar-refractivity contribution in [3.63, 3.8) is 0 Å². The van der Waals surface area contributed by atoms with E-state index in [0.717, 1.165) is 31.2 Å². The molecule has 0 saturated carbocycles. The van der Waals surface area contributed by atoms with Crippen LogP contribution in [0.5, 0.6) is 5.75 Å². The molecule has 0 unspecified atom stereocenters. The summed E-state index contributed by atoms with van der Waals surface area (Å²) in [5.74, 6) is 0.452. The number of ether oxygens (including phenoxy) is 1. The first kappa shape index (κ1) is 17.1. The molecular weight excluding hydrogens is 288 g/mol. The molecule has 23 heavy (non-hydrogen) atoms. The Morgan fingerprint density at radius 1 is 0.957 bits per heavy atom. The molecular formula is C20H24O3. The van der Waals surface area contributed by atoms with Gasteiger partial charge in [0, 0.05) is 0 Å². The van der Waals surface area contributed by atoms with Crippen LogP contribution in [0.3, 0.4) is 0 Å². The Hall–Kier alpha value is -2.29. The topological polar surface area (TPSA) is 46.5 Å². The molecule has 1 N–H and O–H groups in total. The van der Waals surface area contributed by atoms with E-state index in [9.17, 15) is 4.79 Å². The van der Waals surface area contributed by atoms with Crippen molar-refractivity contribution in [3.8, 4) is 16.9 Å². The molecule has 0 aromatic heterocycles. The van der Waals surface area contributed by atoms with Crippen LogP contribution < -0.4 is 4.74 Å². The van der Waals surface area contributed by atoms with Crippen molar-refractivity contribution in [1.82, 2.24) is 0 Å². The van der Waals surface area contributed by atoms with Crippen molar-refractivity contribution in [2.24, 2.45) is 0 Å². The Balaban J connectivity index is 2.62. The summed E-state index contributed by atoms with van der Waals surface area (Å²) < 4.78 is 4.96. The molecule has 0 fully saturated rings. The minimum Gasteiger partial charge on any atom is -0.449 e. The lowest BCUT2D eigenvalue weighted by Crippen LogP contribution is -2.07. The quantitative estimate of drug-likeness (QED) is 0.567. The van der Waals surface area contributed by atoms with Crippen LogP contribution in [0.1, 0.15) is 43.9 Å². The van der Waals surface area contributed by atoms with E-state index in [1.54, 1.807) is 6.07 Å². The zero-order valence-electron chi connectivity index (χ0n) is 14.1. The van der Waals surface area contributed by atoms with Gasteiger partial charge in [0.05, 0.1) is 0 Å². The molecule has 0 amide bonds. The summed E-state index contributed by atoms with van der Waals surface area (Å²) in [5, 5.41) is 8.93. The minimum atomic E-state index is -1.26. The SMILES string of the molecule is CCCc1ccccc1-c1ccc(OC(=O)O)c(CC)c1CC. The van der Waals surface area contributed by atoms with Gasteiger partial charge >= 0.3 is 6.16 Å². The first-order chi connectivity index (χ1) is 11.1. The summed E-state index contributed by atoms with van der Waals surface area (Å²) in [7, 11) is 0. The Labute approximate surface area is 137 Å². The zero-order valence-corrected chi connectivity index (χ0v) is 14.1. The summed E-state index contributed by atoms with van der Waals surface area (Å²) in [6.07, 6.45) is 2.46. The second-order valence-corrected chi connectivity index (χ2v) is 5.55. The molecule has 0 atom stereocenters. The number of hydrogen-bond donors (Lipinski definition) is 1. The fraction of sp³-hybridized carbons (Fsp3) is 0.350. The van der Waals surface area contributed by atoms with Crippen molar-refractivity contribution in [3.05, 3.63) is 53.1 Å². The highest BCUT2D eigenvalue weighted by atomic mass is 16.7. The first-order valence-corrected chi connectivity index (χ1v) is 8.26. The van der Waals surface area contributed by atoms with Crippen LogP contribution in [0.4, 0.5) is 4.79 Å². The van der Waals surface area contributed by atoms with Crippen LogP contribution in [0, 0.1) is 0 Å². The summed E-state index contributed by atoms with van der Waals surface area (Å²) in [6, 6.07) is 12.2. The number of carbonyl (C=O) groups is 1. The third-order valence-electron chi connectivity index (χ3n) is 4.12. The number of benzene rings is 2. The van der Waals surface area contributed by atoms with E-state index in [4.69, 9.17) is 9.84 Å². The maximum Gasteiger partial charge on any atom is 0.511 e. The molecule has 3 nitrogen and oxygen atoms in total. The minimum absolute atomic E-state index is 0.452. The van der Waals surface area contributed by atoms with Crippen LogP contribution in [0.25, 0.3) is 11.1 Å². The Morgan fingerprint density at radius 2 is 1.65 bits per heavy atom. The van der Waals surface area contributed by atoms with Crippen LogP contribution >= 0.6 is 0 Å². The average Bonchev–Trinajstić information content (AvgIpc) is 2.54. The van der Waals surface area contributed by atoms with Gasteiger partial charge in [0.25, 0.3) is 0 Å². The largest absolute Gasteiger partial charge is 0.511 e. The molecule has 0 bridgehead atoms. The lowest BCUT2D eigenvalue weighted by molar-refractivity contribution is 0.144. The fourth-order valence-corrected chi connectivity index (χ4v) is 3.18. The summed E-state index contributed by atoms with van der Waals surface area (Å²) >= 11 is 0. The van der Waals surface area contributed by atoms with E-state index in [2.05, 4.69) is 38.1 Å². The zero-order chi connectivity index (χ0) is 16.8. The van der Waals surface area contributed by atoms with Gasteiger partial charge in [0.2, 0.25) is 0 Å². The van der Waals surface area contributed by atoms with E-state index in [1.807, 2.05) is 13.0 Å². The highest BCUT2D eigenvalue weighted by Crippen LogP contribution is 2.35. The molecule has 122 valence electrons. The van der Waals surface area contributed by atoms with Gasteiger partial charge in [-0.05, 0) is 53.1 Å². The van der Waals surface area contributed by atoms with Crippen molar-refractivity contribution >= 4 is 6.16 Å². The van der Waals surface area contributed by atoms with Crippen LogP contribution in [0.2, 0.25) is 0 Å². The molecule has 0 aliphatic rings. The second kappa shape index (κ2) is 7.82. The van der Waals surface area contributed by atoms with Crippen molar-refractivity contribution in [2.75, 3.05) is 0 Å². The number of rotatable bonds is 6. The standard InChI is InChI=1S/C20H24O3/c1-4-9-14-10-7-8-11-17(14)18-12-13-19(23-20(21)22)16(6-3)15(18)5-2/h7-8,10-13H,4-6,9H2,1-3H3,(H,21,22). The second-order valence-electron chi connectivity index (χ2n) is 5.55. The third-order valence-corrected chi connectivity index (χ3v) is 4.12. The summed E-state index contributed by atoms with van der Waals surface area (Å²) in [6.45, 7) is 6.31. The molecule has 2 rings (SSSR count). The smallest absolute Gasteiger partial charge is 0.449 e. The van der Waals surface area contributed by atoms with E-state index in [-0.39, 0.29) is 0 Å². The normalized spacial score (nSPS) is 10.6. The third kappa shape index (κ3) is 3.73. The highest BCUT2D eigenvalue weighted by Gasteiger charge is 2.16. The van der Waals surface area contributed by atoms with Gasteiger partial charge in [0.15, 0.2) is 0 Å². The summed E-state index contributed by atoms with van der Waals surface area (Å²) in [4.78, 5) is 10.9. The molecule has 0 spiro atoms. The monoisotopic (exact) mass is 312 g/mol. The van der Waals surface area contributed by atoms with E-state index >= 15 is 0 Å². The average molecular weight is 312 g/mol. The Kier molecular flexibility index (Phi) is 5.80. The van der Waals surface area contributed by atoms with E-state index in [1.165, 1.54) is 22.3 Å². The van der Waals surface area contributed by atoms with Crippen LogP contribution in [0.15, 0.2) is 36.4 Å². The van der Waals surface area contributed by atoms with E-state index < -0.39 is 6.16 Å². The predicted molar refractivity (Wildman–Crippen MR) is 93.3 cm³/mol. The number of hydrogen-bond acceptors (Lipinski definition) is 2. The van der Waals surface area contributed by atoms with Crippen LogP contribution in [-0.2, 0) is 19.3 Å². The molecule has 0 radical (unpaired) electrons. The molecule has 3 heteroatoms. The Bertz CT molecular complexity index is 689. The van der Waals surface area contributed by atoms with Gasteiger partial charge < -0.3 is 9.84 Å². The summed E-state index contributed by atoms with van der Waals surface area (Å²) in [5.41, 5.74) is 5.92. The lowest BCUT2D eigenvalue weighted by atomic mass is 9.88. The lowest BCUT2D eigenvalue weighted by Gasteiger charge is -2.18. The van der Waals surface area contributed by atoms with Crippen molar-refractivity contribution in [2.45, 2.75) is 46.5 Å². The number of aryl methyl sites for hydroxylation is 1. The maximum absolute atomic E-state index is 10.9. The maximum atomic E-state index is 10.9. The van der Waals surface area contributed by atoms with Crippen LogP contribution in [-0.4, -0.2) is 11.3 Å². The van der Waals surface area contributed by atoms with Gasteiger partial charge in [-0.25, -0.2) is 4.79 Å². The molecule has 0 heterocycles. The van der Waals surface area contributed by atoms with Gasteiger partial charge in [-0.1, -0.05) is 57.5 Å². The van der Waals surface area contributed by atoms with Gasteiger partial charge in [-0.15, -0.1) is 0 Å². The predicted octanol–water partition coefficient (Wildman–Crippen LogP) is 5.49. The Morgan fingerprint density at radius 3 is 2.26 bits per heavy atom. The first-order valence-electron chi connectivity index (χ1n) is 8.26. The van der Waals surface area contributed by atoms with Crippen molar-refractivity contribution < 1.29 is 14.6 Å². The fourth-order valence-electron chi connectivity index (χ4n) is 3.18. The van der Waals surface area contributed by atoms with Crippen molar-refractivity contribution in [1.29, 1.82) is 0 Å². The van der Waals surface area contributed by atoms with E-state index in [0.29, 0.717) is 5.75 Å². The van der Waals surface area contributed by atoms with Gasteiger partial charge in [0.1, 0.15) is 5.75 Å². The molecule has 0 aliphatic carbocycles. The highest BCUT2D eigenvalue weighted by molar-refractivity contribution is 5.74.